The van der Waals surface area contributed by atoms with Crippen LogP contribution in [0.2, 0.25) is 0 Å². The van der Waals surface area contributed by atoms with Crippen molar-refractivity contribution in [2.24, 2.45) is 0 Å². The summed E-state index contributed by atoms with van der Waals surface area (Å²) in [5, 5.41) is 3.61. The van der Waals surface area contributed by atoms with E-state index in [1.807, 2.05) is 13.8 Å². The Kier molecular flexibility index (Phi) is 5.83. The lowest BCUT2D eigenvalue weighted by molar-refractivity contribution is 0.0601. The molecule has 2 rings (SSSR count). The number of hydrogen-bond acceptors (Lipinski definition) is 6. The Labute approximate surface area is 148 Å². The van der Waals surface area contributed by atoms with Gasteiger partial charge in [-0.15, -0.1) is 11.3 Å². The molecule has 0 radical (unpaired) electrons. The van der Waals surface area contributed by atoms with Gasteiger partial charge in [0.15, 0.2) is 5.11 Å². The van der Waals surface area contributed by atoms with Crippen LogP contribution in [0.4, 0.5) is 5.00 Å². The molecule has 3 N–H and O–H groups in total. The van der Waals surface area contributed by atoms with Crippen LogP contribution in [0.3, 0.4) is 0 Å². The average molecular weight is 364 g/mol. The van der Waals surface area contributed by atoms with E-state index in [1.165, 1.54) is 24.6 Å². The van der Waals surface area contributed by atoms with Gasteiger partial charge in [-0.05, 0) is 43.8 Å². The molecule has 0 aliphatic heterocycles. The molecule has 2 aromatic rings. The molecule has 9 heteroatoms. The molecular formula is C15H16N4O3S2. The van der Waals surface area contributed by atoms with E-state index in [4.69, 9.17) is 17.0 Å². The number of amides is 1. The van der Waals surface area contributed by atoms with Crippen molar-refractivity contribution in [3.8, 4) is 0 Å². The third kappa shape index (κ3) is 4.06. The third-order valence-electron chi connectivity index (χ3n) is 3.22. The molecule has 126 valence electrons. The summed E-state index contributed by atoms with van der Waals surface area (Å²) >= 11 is 6.52. The van der Waals surface area contributed by atoms with Crippen LogP contribution in [0.1, 0.15) is 31.2 Å². The number of aromatic nitrogens is 1. The maximum atomic E-state index is 11.9. The van der Waals surface area contributed by atoms with Gasteiger partial charge in [0.2, 0.25) is 0 Å². The molecule has 0 atom stereocenters. The first kappa shape index (κ1) is 17.8. The number of aryl methyl sites for hydroxylation is 1. The van der Waals surface area contributed by atoms with E-state index in [-0.39, 0.29) is 11.0 Å². The molecule has 0 aliphatic rings. The Morgan fingerprint density at radius 2 is 2.04 bits per heavy atom. The van der Waals surface area contributed by atoms with Crippen molar-refractivity contribution in [1.82, 2.24) is 15.8 Å². The highest BCUT2D eigenvalue weighted by molar-refractivity contribution is 7.80. The van der Waals surface area contributed by atoms with E-state index >= 15 is 0 Å². The van der Waals surface area contributed by atoms with E-state index < -0.39 is 5.97 Å². The molecule has 0 aromatic carbocycles. The molecule has 7 nitrogen and oxygen atoms in total. The summed E-state index contributed by atoms with van der Waals surface area (Å²) in [5.74, 6) is -0.819. The minimum absolute atomic E-state index is 0.152. The lowest BCUT2D eigenvalue weighted by Crippen LogP contribution is -2.43. The van der Waals surface area contributed by atoms with Crippen LogP contribution in [-0.4, -0.2) is 29.1 Å². The topological polar surface area (TPSA) is 92.4 Å². The molecular weight excluding hydrogens is 348 g/mol. The number of esters is 1. The van der Waals surface area contributed by atoms with E-state index in [9.17, 15) is 9.59 Å². The number of ether oxygens (including phenoxy) is 1. The second kappa shape index (κ2) is 7.84. The summed E-state index contributed by atoms with van der Waals surface area (Å²) in [7, 11) is 1.32. The first-order valence-electron chi connectivity index (χ1n) is 6.89. The number of hydrogen-bond donors (Lipinski definition) is 3. The van der Waals surface area contributed by atoms with Gasteiger partial charge in [-0.1, -0.05) is 0 Å². The normalized spacial score (nSPS) is 9.96. The highest BCUT2D eigenvalue weighted by atomic mass is 32.1. The second-order valence-corrected chi connectivity index (χ2v) is 6.39. The van der Waals surface area contributed by atoms with Crippen molar-refractivity contribution in [1.29, 1.82) is 0 Å². The second-order valence-electron chi connectivity index (χ2n) is 4.75. The van der Waals surface area contributed by atoms with E-state index in [0.29, 0.717) is 16.1 Å². The Hall–Kier alpha value is -2.52. The SMILES string of the molecule is COC(=O)c1c(NC(=S)NNC(=O)c2cccnc2)sc(C)c1C. The van der Waals surface area contributed by atoms with Crippen LogP contribution < -0.4 is 16.2 Å². The van der Waals surface area contributed by atoms with Crippen molar-refractivity contribution in [2.75, 3.05) is 12.4 Å². The monoisotopic (exact) mass is 364 g/mol. The van der Waals surface area contributed by atoms with Gasteiger partial charge in [0.05, 0.1) is 18.2 Å². The molecule has 0 bridgehead atoms. The maximum Gasteiger partial charge on any atom is 0.341 e. The maximum absolute atomic E-state index is 11.9. The molecule has 1 amide bonds. The van der Waals surface area contributed by atoms with Gasteiger partial charge in [0.1, 0.15) is 5.00 Å². The summed E-state index contributed by atoms with van der Waals surface area (Å²) in [4.78, 5) is 28.7. The molecule has 24 heavy (non-hydrogen) atoms. The third-order valence-corrected chi connectivity index (χ3v) is 4.54. The molecule has 2 aromatic heterocycles. The lowest BCUT2D eigenvalue weighted by Gasteiger charge is -2.11. The summed E-state index contributed by atoms with van der Waals surface area (Å²) in [6.07, 6.45) is 3.01. The number of rotatable bonds is 3. The number of carbonyl (C=O) groups excluding carboxylic acids is 2. The number of nitrogens with one attached hydrogen (secondary N) is 3. The fraction of sp³-hybridized carbons (Fsp3) is 0.200. The zero-order chi connectivity index (χ0) is 17.7. The number of anilines is 1. The van der Waals surface area contributed by atoms with Crippen LogP contribution in [0.5, 0.6) is 0 Å². The zero-order valence-corrected chi connectivity index (χ0v) is 14.9. The van der Waals surface area contributed by atoms with Gasteiger partial charge in [-0.3, -0.25) is 20.6 Å². The smallest absolute Gasteiger partial charge is 0.341 e. The van der Waals surface area contributed by atoms with Crippen molar-refractivity contribution in [3.05, 3.63) is 46.1 Å². The van der Waals surface area contributed by atoms with Crippen molar-refractivity contribution < 1.29 is 14.3 Å². The Balaban J connectivity index is 2.02. The van der Waals surface area contributed by atoms with Gasteiger partial charge in [0.25, 0.3) is 5.91 Å². The Morgan fingerprint density at radius 1 is 1.29 bits per heavy atom. The van der Waals surface area contributed by atoms with Gasteiger partial charge in [0, 0.05) is 17.3 Å². The van der Waals surface area contributed by atoms with E-state index in [1.54, 1.807) is 18.3 Å². The number of thiophene rings is 1. The van der Waals surface area contributed by atoms with Crippen molar-refractivity contribution >= 4 is 45.5 Å². The van der Waals surface area contributed by atoms with Gasteiger partial charge in [-0.2, -0.15) is 0 Å². The number of methoxy groups -OCH3 is 1. The van der Waals surface area contributed by atoms with Crippen LogP contribution in [0.25, 0.3) is 0 Å². The van der Waals surface area contributed by atoms with Crippen LogP contribution in [0, 0.1) is 13.8 Å². The number of hydrazine groups is 1. The minimum Gasteiger partial charge on any atom is -0.465 e. The molecule has 0 fully saturated rings. The van der Waals surface area contributed by atoms with Gasteiger partial charge >= 0.3 is 5.97 Å². The lowest BCUT2D eigenvalue weighted by atomic mass is 10.1. The van der Waals surface area contributed by atoms with E-state index in [0.717, 1.165) is 10.4 Å². The van der Waals surface area contributed by atoms with Crippen LogP contribution in [-0.2, 0) is 4.74 Å². The fourth-order valence-corrected chi connectivity index (χ4v) is 3.15. The highest BCUT2D eigenvalue weighted by Gasteiger charge is 2.20. The first-order valence-corrected chi connectivity index (χ1v) is 8.12. The molecule has 2 heterocycles. The first-order chi connectivity index (χ1) is 11.4. The molecule has 0 spiro atoms. The number of carbonyl (C=O) groups is 2. The van der Waals surface area contributed by atoms with Gasteiger partial charge in [-0.25, -0.2) is 4.79 Å². The number of nitrogens with zero attached hydrogens (tertiary/aromatic N) is 1. The molecule has 0 saturated carbocycles. The highest BCUT2D eigenvalue weighted by Crippen LogP contribution is 2.32. The summed E-state index contributed by atoms with van der Waals surface area (Å²) in [5.41, 5.74) is 6.71. The largest absolute Gasteiger partial charge is 0.465 e. The minimum atomic E-state index is -0.443. The van der Waals surface area contributed by atoms with Gasteiger partial charge < -0.3 is 10.1 Å². The quantitative estimate of drug-likeness (QED) is 0.437. The fourth-order valence-electron chi connectivity index (χ4n) is 1.88. The number of thiocarbonyl (C=S) groups is 1. The predicted octanol–water partition coefficient (Wildman–Crippen LogP) is 2.18. The molecule has 0 saturated heterocycles. The van der Waals surface area contributed by atoms with Crippen LogP contribution >= 0.6 is 23.6 Å². The Morgan fingerprint density at radius 3 is 2.67 bits per heavy atom. The van der Waals surface area contributed by atoms with E-state index in [2.05, 4.69) is 21.2 Å². The average Bonchev–Trinajstić information content (AvgIpc) is 2.86. The Bertz CT molecular complexity index is 775. The van der Waals surface area contributed by atoms with Crippen LogP contribution in [0.15, 0.2) is 24.5 Å². The van der Waals surface area contributed by atoms with Crippen molar-refractivity contribution in [2.45, 2.75) is 13.8 Å². The zero-order valence-electron chi connectivity index (χ0n) is 13.3. The van der Waals surface area contributed by atoms with Crippen molar-refractivity contribution in [3.63, 3.8) is 0 Å². The standard InChI is InChI=1S/C15H16N4O3S2/c1-8-9(2)24-13(11(8)14(21)22-3)17-15(23)19-18-12(20)10-5-4-6-16-7-10/h4-7H,1-3H3,(H,18,20)(H2,17,19,23). The summed E-state index contributed by atoms with van der Waals surface area (Å²) in [6, 6.07) is 3.28. The predicted molar refractivity (Wildman–Crippen MR) is 96.2 cm³/mol. The molecule has 0 aliphatic carbocycles. The summed E-state index contributed by atoms with van der Waals surface area (Å²) in [6.45, 7) is 3.74. The number of pyridine rings is 1. The molecule has 0 unspecified atom stereocenters. The summed E-state index contributed by atoms with van der Waals surface area (Å²) < 4.78 is 4.80.